The fourth-order valence-electron chi connectivity index (χ4n) is 2.28. The molecule has 0 saturated heterocycles. The van der Waals surface area contributed by atoms with Gasteiger partial charge in [0.2, 0.25) is 0 Å². The Labute approximate surface area is 106 Å². The fraction of sp³-hybridized carbons (Fsp3) is 0.500. The van der Waals surface area contributed by atoms with Gasteiger partial charge in [-0.25, -0.2) is 9.18 Å². The molecule has 0 bridgehead atoms. The van der Waals surface area contributed by atoms with Crippen LogP contribution in [0.1, 0.15) is 42.1 Å². The molecule has 4 heteroatoms. The summed E-state index contributed by atoms with van der Waals surface area (Å²) in [6.45, 7) is 2.77. The minimum absolute atomic E-state index is 0.269. The number of rotatable bonds is 6. The lowest BCUT2D eigenvalue weighted by Gasteiger charge is -2.05. The molecular formula is C14H18FNO2. The summed E-state index contributed by atoms with van der Waals surface area (Å²) in [7, 11) is 0. The van der Waals surface area contributed by atoms with Gasteiger partial charge in [-0.3, -0.25) is 0 Å². The highest BCUT2D eigenvalue weighted by atomic mass is 19.1. The van der Waals surface area contributed by atoms with Crippen LogP contribution in [0.15, 0.2) is 18.2 Å². The Hall–Kier alpha value is -1.42. The summed E-state index contributed by atoms with van der Waals surface area (Å²) < 4.78 is 13.4. The summed E-state index contributed by atoms with van der Waals surface area (Å²) in [6.07, 6.45) is 3.64. The number of carbonyl (C=O) groups is 1. The van der Waals surface area contributed by atoms with E-state index in [1.54, 1.807) is 6.07 Å². The lowest BCUT2D eigenvalue weighted by molar-refractivity contribution is 0.0692. The highest BCUT2D eigenvalue weighted by Crippen LogP contribution is 2.34. The van der Waals surface area contributed by atoms with Gasteiger partial charge in [-0.1, -0.05) is 19.4 Å². The topological polar surface area (TPSA) is 49.3 Å². The third-order valence-electron chi connectivity index (χ3n) is 3.41. The zero-order chi connectivity index (χ0) is 13.1. The third-order valence-corrected chi connectivity index (χ3v) is 3.41. The van der Waals surface area contributed by atoms with E-state index in [9.17, 15) is 9.18 Å². The summed E-state index contributed by atoms with van der Waals surface area (Å²) in [5.41, 5.74) is 0.522. The molecule has 1 aromatic carbocycles. The average Bonchev–Trinajstić information content (AvgIpc) is 3.05. The van der Waals surface area contributed by atoms with Crippen molar-refractivity contribution in [3.63, 3.8) is 0 Å². The van der Waals surface area contributed by atoms with Gasteiger partial charge in [0.15, 0.2) is 0 Å². The molecule has 2 rings (SSSR count). The Kier molecular flexibility index (Phi) is 3.97. The number of nitrogens with one attached hydrogen (secondary N) is 1. The molecule has 0 aromatic heterocycles. The minimum Gasteiger partial charge on any atom is -0.478 e. The lowest BCUT2D eigenvalue weighted by Crippen LogP contribution is -2.18. The summed E-state index contributed by atoms with van der Waals surface area (Å²) in [4.78, 5) is 10.7. The van der Waals surface area contributed by atoms with E-state index in [1.165, 1.54) is 31.4 Å². The van der Waals surface area contributed by atoms with Crippen molar-refractivity contribution in [3.8, 4) is 0 Å². The van der Waals surface area contributed by atoms with Crippen LogP contribution in [0.5, 0.6) is 0 Å². The van der Waals surface area contributed by atoms with Gasteiger partial charge in [0, 0.05) is 12.6 Å². The minimum atomic E-state index is -1.22. The van der Waals surface area contributed by atoms with Gasteiger partial charge in [0.25, 0.3) is 0 Å². The van der Waals surface area contributed by atoms with E-state index in [4.69, 9.17) is 5.11 Å². The van der Waals surface area contributed by atoms with Crippen molar-refractivity contribution < 1.29 is 14.3 Å². The highest BCUT2D eigenvalue weighted by Gasteiger charge is 2.35. The molecule has 0 aliphatic heterocycles. The normalized spacial score (nSPS) is 21.9. The van der Waals surface area contributed by atoms with Gasteiger partial charge in [-0.05, 0) is 36.5 Å². The van der Waals surface area contributed by atoms with Crippen LogP contribution in [0.2, 0.25) is 0 Å². The maximum absolute atomic E-state index is 13.4. The van der Waals surface area contributed by atoms with Crippen molar-refractivity contribution >= 4 is 5.97 Å². The standard InChI is InChI=1S/C14H18FNO2/c1-2-3-10-7-13(10)16-8-9-4-5-11(14(17)18)12(15)6-9/h4-6,10,13,16H,2-3,7-8H2,1H3,(H,17,18). The van der Waals surface area contributed by atoms with Crippen LogP contribution in [-0.4, -0.2) is 17.1 Å². The van der Waals surface area contributed by atoms with Crippen molar-refractivity contribution in [1.82, 2.24) is 5.32 Å². The molecule has 0 heterocycles. The predicted octanol–water partition coefficient (Wildman–Crippen LogP) is 2.80. The monoisotopic (exact) mass is 251 g/mol. The maximum Gasteiger partial charge on any atom is 0.338 e. The molecule has 0 spiro atoms. The Balaban J connectivity index is 1.87. The Morgan fingerprint density at radius 2 is 2.33 bits per heavy atom. The van der Waals surface area contributed by atoms with Crippen molar-refractivity contribution in [1.29, 1.82) is 0 Å². The third kappa shape index (κ3) is 3.07. The van der Waals surface area contributed by atoms with Crippen LogP contribution in [0, 0.1) is 11.7 Å². The molecule has 2 unspecified atom stereocenters. The van der Waals surface area contributed by atoms with Gasteiger partial charge >= 0.3 is 5.97 Å². The van der Waals surface area contributed by atoms with Crippen LogP contribution in [0.3, 0.4) is 0 Å². The number of carboxylic acid groups (broad SMARTS) is 1. The molecule has 2 atom stereocenters. The molecule has 98 valence electrons. The second kappa shape index (κ2) is 5.48. The first-order chi connectivity index (χ1) is 8.61. The molecule has 1 aliphatic carbocycles. The van der Waals surface area contributed by atoms with Crippen LogP contribution in [0.25, 0.3) is 0 Å². The smallest absolute Gasteiger partial charge is 0.338 e. The second-order valence-electron chi connectivity index (χ2n) is 4.89. The molecule has 2 N–H and O–H groups in total. The van der Waals surface area contributed by atoms with E-state index in [1.807, 2.05) is 0 Å². The molecule has 1 saturated carbocycles. The Bertz CT molecular complexity index is 447. The number of halogens is 1. The van der Waals surface area contributed by atoms with E-state index < -0.39 is 11.8 Å². The SMILES string of the molecule is CCCC1CC1NCc1ccc(C(=O)O)c(F)c1. The first kappa shape index (κ1) is 13.0. The van der Waals surface area contributed by atoms with E-state index in [2.05, 4.69) is 12.2 Å². The Morgan fingerprint density at radius 3 is 2.94 bits per heavy atom. The van der Waals surface area contributed by atoms with Crippen LogP contribution in [-0.2, 0) is 6.54 Å². The summed E-state index contributed by atoms with van der Waals surface area (Å²) >= 11 is 0. The van der Waals surface area contributed by atoms with Crippen LogP contribution in [0.4, 0.5) is 4.39 Å². The van der Waals surface area contributed by atoms with Gasteiger partial charge < -0.3 is 10.4 Å². The number of hydrogen-bond acceptors (Lipinski definition) is 2. The second-order valence-corrected chi connectivity index (χ2v) is 4.89. The predicted molar refractivity (Wildman–Crippen MR) is 67.0 cm³/mol. The van der Waals surface area contributed by atoms with Crippen molar-refractivity contribution in [2.75, 3.05) is 0 Å². The average molecular weight is 251 g/mol. The van der Waals surface area contributed by atoms with Crippen LogP contribution >= 0.6 is 0 Å². The summed E-state index contributed by atoms with van der Waals surface area (Å²) in [5.74, 6) is -1.13. The van der Waals surface area contributed by atoms with E-state index >= 15 is 0 Å². The number of hydrogen-bond donors (Lipinski definition) is 2. The molecule has 18 heavy (non-hydrogen) atoms. The van der Waals surface area contributed by atoms with Gasteiger partial charge in [-0.15, -0.1) is 0 Å². The van der Waals surface area contributed by atoms with Crippen molar-refractivity contribution in [2.24, 2.45) is 5.92 Å². The first-order valence-corrected chi connectivity index (χ1v) is 6.37. The molecule has 1 aromatic rings. The maximum atomic E-state index is 13.4. The van der Waals surface area contributed by atoms with Crippen LogP contribution < -0.4 is 5.32 Å². The van der Waals surface area contributed by atoms with Gasteiger partial charge in [-0.2, -0.15) is 0 Å². The molecule has 1 fully saturated rings. The number of aromatic carboxylic acids is 1. The van der Waals surface area contributed by atoms with E-state index in [0.717, 1.165) is 11.5 Å². The van der Waals surface area contributed by atoms with Gasteiger partial charge in [0.1, 0.15) is 5.82 Å². The lowest BCUT2D eigenvalue weighted by atomic mass is 10.1. The number of carboxylic acids is 1. The quantitative estimate of drug-likeness (QED) is 0.817. The zero-order valence-corrected chi connectivity index (χ0v) is 10.4. The molecule has 3 nitrogen and oxygen atoms in total. The molecule has 0 radical (unpaired) electrons. The number of benzene rings is 1. The van der Waals surface area contributed by atoms with Crippen molar-refractivity contribution in [2.45, 2.75) is 38.8 Å². The van der Waals surface area contributed by atoms with E-state index in [0.29, 0.717) is 12.6 Å². The fourth-order valence-corrected chi connectivity index (χ4v) is 2.28. The van der Waals surface area contributed by atoms with Crippen molar-refractivity contribution in [3.05, 3.63) is 35.1 Å². The van der Waals surface area contributed by atoms with E-state index in [-0.39, 0.29) is 5.56 Å². The summed E-state index contributed by atoms with van der Waals surface area (Å²) in [6, 6.07) is 4.84. The van der Waals surface area contributed by atoms with Gasteiger partial charge in [0.05, 0.1) is 5.56 Å². The zero-order valence-electron chi connectivity index (χ0n) is 10.4. The first-order valence-electron chi connectivity index (χ1n) is 6.37. The molecular weight excluding hydrogens is 233 g/mol. The Morgan fingerprint density at radius 1 is 1.56 bits per heavy atom. The molecule has 0 amide bonds. The molecule has 1 aliphatic rings. The summed E-state index contributed by atoms with van der Waals surface area (Å²) in [5, 5.41) is 12.1. The largest absolute Gasteiger partial charge is 0.478 e. The highest BCUT2D eigenvalue weighted by molar-refractivity contribution is 5.87.